The second-order valence-electron chi connectivity index (χ2n) is 25.6. The summed E-state index contributed by atoms with van der Waals surface area (Å²) in [6.45, 7) is 4.92. The summed E-state index contributed by atoms with van der Waals surface area (Å²) < 4.78 is 68.3. The molecule has 17 nitrogen and oxygen atoms in total. The molecule has 0 saturated carbocycles. The van der Waals surface area contributed by atoms with Gasteiger partial charge < -0.3 is 33.8 Å². The largest absolute Gasteiger partial charge is 0.472 e. The van der Waals surface area contributed by atoms with Gasteiger partial charge in [0.05, 0.1) is 26.4 Å². The number of esters is 4. The predicted molar refractivity (Wildman–Crippen MR) is 363 cm³/mol. The van der Waals surface area contributed by atoms with Crippen molar-refractivity contribution in [2.75, 3.05) is 39.6 Å². The Balaban J connectivity index is 5.20. The number of phosphoric ester groups is 2. The Kier molecular flexibility index (Phi) is 64.3. The van der Waals surface area contributed by atoms with Crippen molar-refractivity contribution >= 4 is 39.5 Å². The van der Waals surface area contributed by atoms with Crippen molar-refractivity contribution in [3.05, 3.63) is 0 Å². The number of aliphatic hydroxyl groups excluding tert-OH is 1. The molecule has 19 heteroatoms. The lowest BCUT2D eigenvalue weighted by Gasteiger charge is -2.21. The molecule has 0 aromatic carbocycles. The topological polar surface area (TPSA) is 237 Å². The number of unbranched alkanes of at least 4 members (excludes halogenated alkanes) is 46. The third-order valence-electron chi connectivity index (χ3n) is 16.6. The van der Waals surface area contributed by atoms with Gasteiger partial charge in [0.15, 0.2) is 12.2 Å². The van der Waals surface area contributed by atoms with Crippen LogP contribution in [0.3, 0.4) is 0 Å². The van der Waals surface area contributed by atoms with Gasteiger partial charge in [0.1, 0.15) is 19.3 Å². The van der Waals surface area contributed by atoms with E-state index in [1.807, 2.05) is 0 Å². The van der Waals surface area contributed by atoms with Gasteiger partial charge >= 0.3 is 39.5 Å². The third-order valence-corrected chi connectivity index (χ3v) is 18.5. The fourth-order valence-electron chi connectivity index (χ4n) is 10.9. The number of hydrogen-bond donors (Lipinski definition) is 3. The Bertz CT molecular complexity index is 1720. The molecule has 0 heterocycles. The quantitative estimate of drug-likeness (QED) is 0.0222. The molecule has 0 aliphatic heterocycles. The molecule has 0 fully saturated rings. The van der Waals surface area contributed by atoms with Crippen LogP contribution in [0.4, 0.5) is 0 Å². The van der Waals surface area contributed by atoms with Crippen LogP contribution in [0.2, 0.25) is 0 Å². The molecule has 534 valence electrons. The molecule has 3 N–H and O–H groups in total. The Labute approximate surface area is 549 Å². The monoisotopic (exact) mass is 1320 g/mol. The molecule has 0 aliphatic carbocycles. The van der Waals surface area contributed by atoms with Crippen molar-refractivity contribution in [3.8, 4) is 0 Å². The van der Waals surface area contributed by atoms with Gasteiger partial charge in [0.2, 0.25) is 0 Å². The van der Waals surface area contributed by atoms with E-state index in [9.17, 15) is 43.2 Å². The lowest BCUT2D eigenvalue weighted by atomic mass is 10.0. The summed E-state index contributed by atoms with van der Waals surface area (Å²) in [4.78, 5) is 72.5. The second kappa shape index (κ2) is 65.7. The lowest BCUT2D eigenvalue weighted by molar-refractivity contribution is -0.161. The standard InChI is InChI=1S/C71H138O17P2/c1-5-9-13-17-21-24-27-30-32-33-36-39-42-46-50-54-58-71(76)88-67(62-82-69(74)56-52-48-44-40-37-35-31-28-25-22-18-14-10-6-2)64-86-90(79,80)84-60-65(72)59-83-89(77,78)85-63-66(61-81-68(73)55-51-47-43-20-16-12-8-4)87-70(75)57-53-49-45-41-38-34-29-26-23-19-15-11-7-3/h65-67,72H,5-64H2,1-4H3,(H,77,78)(H,79,80)/t65-,66+,67+/m0/s1. The van der Waals surface area contributed by atoms with Gasteiger partial charge in [-0.25, -0.2) is 9.13 Å². The van der Waals surface area contributed by atoms with E-state index in [1.54, 1.807) is 0 Å². The summed E-state index contributed by atoms with van der Waals surface area (Å²) in [5.74, 6) is -2.12. The molecule has 0 aromatic heterocycles. The molecule has 0 amide bonds. The number of phosphoric acid groups is 2. The highest BCUT2D eigenvalue weighted by Crippen LogP contribution is 2.45. The van der Waals surface area contributed by atoms with Gasteiger partial charge in [-0.3, -0.25) is 37.3 Å². The van der Waals surface area contributed by atoms with Crippen LogP contribution in [0.1, 0.15) is 374 Å². The summed E-state index contributed by atoms with van der Waals surface area (Å²) in [5.41, 5.74) is 0. The second-order valence-corrected chi connectivity index (χ2v) is 28.5. The van der Waals surface area contributed by atoms with Gasteiger partial charge in [0.25, 0.3) is 0 Å². The van der Waals surface area contributed by atoms with Crippen LogP contribution in [-0.4, -0.2) is 96.7 Å². The zero-order valence-electron chi connectivity index (χ0n) is 58.1. The van der Waals surface area contributed by atoms with Crippen LogP contribution in [0.5, 0.6) is 0 Å². The number of rotatable bonds is 72. The van der Waals surface area contributed by atoms with Gasteiger partial charge in [-0.05, 0) is 25.7 Å². The number of carbonyl (C=O) groups is 4. The smallest absolute Gasteiger partial charge is 0.462 e. The SMILES string of the molecule is CCCCCCCCCCCCCCCCCCC(=O)O[C@H](COC(=O)CCCCCCCCCCCCCCCC)COP(=O)(O)OC[C@@H](O)COP(=O)(O)OC[C@@H](COC(=O)CCCCCCCCC)OC(=O)CCCCCCCCCCCCCCC. The molecular formula is C71H138O17P2. The molecule has 0 spiro atoms. The summed E-state index contributed by atoms with van der Waals surface area (Å²) >= 11 is 0. The summed E-state index contributed by atoms with van der Waals surface area (Å²) in [6.07, 6.45) is 54.1. The summed E-state index contributed by atoms with van der Waals surface area (Å²) in [5, 5.41) is 10.6. The first kappa shape index (κ1) is 88.1. The molecule has 0 rings (SSSR count). The first-order valence-electron chi connectivity index (χ1n) is 37.3. The molecule has 5 atom stereocenters. The minimum atomic E-state index is -4.95. The molecule has 0 aromatic rings. The molecular weight excluding hydrogens is 1190 g/mol. The van der Waals surface area contributed by atoms with Crippen LogP contribution in [0.15, 0.2) is 0 Å². The Morgan fingerprint density at radius 1 is 0.267 bits per heavy atom. The number of ether oxygens (including phenoxy) is 4. The van der Waals surface area contributed by atoms with Gasteiger partial charge in [-0.1, -0.05) is 323 Å². The van der Waals surface area contributed by atoms with E-state index >= 15 is 0 Å². The van der Waals surface area contributed by atoms with Crippen LogP contribution >= 0.6 is 15.6 Å². The van der Waals surface area contributed by atoms with E-state index in [0.29, 0.717) is 25.7 Å². The Morgan fingerprint density at radius 3 is 0.656 bits per heavy atom. The number of hydrogen-bond acceptors (Lipinski definition) is 15. The first-order chi connectivity index (χ1) is 43.7. The first-order valence-corrected chi connectivity index (χ1v) is 40.3. The zero-order valence-corrected chi connectivity index (χ0v) is 59.9. The average Bonchev–Trinajstić information content (AvgIpc) is 3.68. The highest BCUT2D eigenvalue weighted by molar-refractivity contribution is 7.47. The van der Waals surface area contributed by atoms with E-state index in [2.05, 4.69) is 27.7 Å². The fraction of sp³-hybridized carbons (Fsp3) is 0.944. The summed E-state index contributed by atoms with van der Waals surface area (Å²) in [7, 11) is -9.89. The Morgan fingerprint density at radius 2 is 0.444 bits per heavy atom. The maximum absolute atomic E-state index is 13.0. The van der Waals surface area contributed by atoms with E-state index in [1.165, 1.54) is 193 Å². The molecule has 0 aliphatic rings. The molecule has 0 radical (unpaired) electrons. The minimum absolute atomic E-state index is 0.108. The van der Waals surface area contributed by atoms with Gasteiger partial charge in [0, 0.05) is 25.7 Å². The van der Waals surface area contributed by atoms with Crippen LogP contribution < -0.4 is 0 Å². The summed E-state index contributed by atoms with van der Waals surface area (Å²) in [6, 6.07) is 0. The maximum Gasteiger partial charge on any atom is 0.472 e. The molecule has 2 unspecified atom stereocenters. The molecule has 0 saturated heterocycles. The number of carbonyl (C=O) groups excluding carboxylic acids is 4. The predicted octanol–water partition coefficient (Wildman–Crippen LogP) is 20.7. The zero-order chi connectivity index (χ0) is 66.1. The van der Waals surface area contributed by atoms with Crippen molar-refractivity contribution in [1.82, 2.24) is 0 Å². The number of aliphatic hydroxyl groups is 1. The van der Waals surface area contributed by atoms with E-state index in [0.717, 1.165) is 103 Å². The molecule has 0 bridgehead atoms. The van der Waals surface area contributed by atoms with Crippen molar-refractivity contribution in [2.24, 2.45) is 0 Å². The van der Waals surface area contributed by atoms with Gasteiger partial charge in [-0.2, -0.15) is 0 Å². The van der Waals surface area contributed by atoms with E-state index in [4.69, 9.17) is 37.0 Å². The van der Waals surface area contributed by atoms with E-state index < -0.39 is 97.5 Å². The van der Waals surface area contributed by atoms with Crippen molar-refractivity contribution in [2.45, 2.75) is 393 Å². The van der Waals surface area contributed by atoms with Crippen LogP contribution in [0.25, 0.3) is 0 Å². The fourth-order valence-corrected chi connectivity index (χ4v) is 12.4. The normalized spacial score (nSPS) is 14.0. The molecule has 90 heavy (non-hydrogen) atoms. The lowest BCUT2D eigenvalue weighted by Crippen LogP contribution is -2.30. The van der Waals surface area contributed by atoms with Crippen LogP contribution in [-0.2, 0) is 65.4 Å². The minimum Gasteiger partial charge on any atom is -0.462 e. The van der Waals surface area contributed by atoms with Gasteiger partial charge in [-0.15, -0.1) is 0 Å². The van der Waals surface area contributed by atoms with Crippen molar-refractivity contribution in [3.63, 3.8) is 0 Å². The highest BCUT2D eigenvalue weighted by Gasteiger charge is 2.30. The van der Waals surface area contributed by atoms with Crippen LogP contribution in [0, 0.1) is 0 Å². The van der Waals surface area contributed by atoms with Crippen molar-refractivity contribution < 1.29 is 80.2 Å². The highest BCUT2D eigenvalue weighted by atomic mass is 31.2. The Hall–Kier alpha value is -1.94. The van der Waals surface area contributed by atoms with E-state index in [-0.39, 0.29) is 25.7 Å². The van der Waals surface area contributed by atoms with Crippen molar-refractivity contribution in [1.29, 1.82) is 0 Å². The maximum atomic E-state index is 13.0. The average molecular weight is 1330 g/mol. The third kappa shape index (κ3) is 64.8.